The number of carbonyl (C=O) groups excluding carboxylic acids is 3. The van der Waals surface area contributed by atoms with Gasteiger partial charge in [0.2, 0.25) is 11.8 Å². The van der Waals surface area contributed by atoms with Crippen LogP contribution in [0.1, 0.15) is 30.6 Å². The van der Waals surface area contributed by atoms with Crippen LogP contribution < -0.4 is 16.0 Å². The highest BCUT2D eigenvalue weighted by atomic mass is 79.9. The smallest absolute Gasteiger partial charge is 0.251 e. The van der Waals surface area contributed by atoms with Crippen molar-refractivity contribution in [3.05, 3.63) is 58.6 Å². The fourth-order valence-electron chi connectivity index (χ4n) is 2.18. The zero-order valence-corrected chi connectivity index (χ0v) is 16.8. The van der Waals surface area contributed by atoms with Crippen LogP contribution in [-0.4, -0.2) is 24.3 Å². The van der Waals surface area contributed by atoms with Crippen LogP contribution in [-0.2, 0) is 9.59 Å². The number of benzene rings is 2. The van der Waals surface area contributed by atoms with E-state index >= 15 is 0 Å². The Morgan fingerprint density at radius 2 is 1.59 bits per heavy atom. The number of carbonyl (C=O) groups is 3. The molecule has 0 fully saturated rings. The molecule has 27 heavy (non-hydrogen) atoms. The number of hydrogen-bond donors (Lipinski definition) is 3. The predicted molar refractivity (Wildman–Crippen MR) is 110 cm³/mol. The van der Waals surface area contributed by atoms with Crippen molar-refractivity contribution in [2.24, 2.45) is 5.92 Å². The minimum Gasteiger partial charge on any atom is -0.352 e. The summed E-state index contributed by atoms with van der Waals surface area (Å²) in [6, 6.07) is 13.9. The highest BCUT2D eigenvalue weighted by Gasteiger charge is 2.09. The number of halogens is 1. The van der Waals surface area contributed by atoms with Gasteiger partial charge in [-0.1, -0.05) is 35.8 Å². The zero-order valence-electron chi connectivity index (χ0n) is 15.2. The van der Waals surface area contributed by atoms with Crippen LogP contribution in [0, 0.1) is 5.92 Å². The molecule has 0 radical (unpaired) electrons. The predicted octanol–water partition coefficient (Wildman–Crippen LogP) is 3.80. The van der Waals surface area contributed by atoms with E-state index in [0.717, 1.165) is 4.47 Å². The summed E-state index contributed by atoms with van der Waals surface area (Å²) >= 11 is 3.32. The van der Waals surface area contributed by atoms with Crippen LogP contribution in [0.15, 0.2) is 53.0 Å². The van der Waals surface area contributed by atoms with Gasteiger partial charge >= 0.3 is 0 Å². The minimum atomic E-state index is -0.228. The molecule has 0 aromatic heterocycles. The average Bonchev–Trinajstić information content (AvgIpc) is 2.62. The van der Waals surface area contributed by atoms with Crippen LogP contribution >= 0.6 is 15.9 Å². The Kier molecular flexibility index (Phi) is 7.55. The molecule has 2 aromatic carbocycles. The lowest BCUT2D eigenvalue weighted by molar-refractivity contribution is -0.119. The molecule has 3 amide bonds. The van der Waals surface area contributed by atoms with Crippen molar-refractivity contribution >= 4 is 45.0 Å². The molecule has 142 valence electrons. The molecule has 2 rings (SSSR count). The third-order valence-corrected chi connectivity index (χ3v) is 4.21. The first-order valence-corrected chi connectivity index (χ1v) is 9.39. The second-order valence-electron chi connectivity index (χ2n) is 6.29. The van der Waals surface area contributed by atoms with Gasteiger partial charge in [-0.05, 0) is 42.5 Å². The molecule has 0 aliphatic rings. The van der Waals surface area contributed by atoms with Crippen LogP contribution in [0.2, 0.25) is 0 Å². The first-order valence-electron chi connectivity index (χ1n) is 8.59. The first-order chi connectivity index (χ1) is 12.8. The van der Waals surface area contributed by atoms with Crippen molar-refractivity contribution in [2.45, 2.75) is 20.3 Å². The first kappa shape index (κ1) is 20.6. The lowest BCUT2D eigenvalue weighted by atomic mass is 10.2. The van der Waals surface area contributed by atoms with E-state index in [2.05, 4.69) is 31.9 Å². The van der Waals surface area contributed by atoms with E-state index in [0.29, 0.717) is 16.9 Å². The Morgan fingerprint density at radius 3 is 2.22 bits per heavy atom. The molecule has 0 aliphatic carbocycles. The van der Waals surface area contributed by atoms with Gasteiger partial charge in [-0.3, -0.25) is 14.4 Å². The van der Waals surface area contributed by atoms with Crippen LogP contribution in [0.3, 0.4) is 0 Å². The molecule has 0 spiro atoms. The van der Waals surface area contributed by atoms with Gasteiger partial charge in [-0.2, -0.15) is 0 Å². The number of rotatable bonds is 7. The highest BCUT2D eigenvalue weighted by molar-refractivity contribution is 9.10. The van der Waals surface area contributed by atoms with Gasteiger partial charge in [0, 0.05) is 40.3 Å². The van der Waals surface area contributed by atoms with E-state index in [1.165, 1.54) is 0 Å². The molecule has 2 aromatic rings. The zero-order chi connectivity index (χ0) is 19.8. The van der Waals surface area contributed by atoms with Crippen molar-refractivity contribution in [3.63, 3.8) is 0 Å². The Labute approximate surface area is 166 Å². The van der Waals surface area contributed by atoms with E-state index < -0.39 is 0 Å². The number of hydrogen-bond acceptors (Lipinski definition) is 3. The molecule has 0 aliphatic heterocycles. The van der Waals surface area contributed by atoms with Gasteiger partial charge in [0.1, 0.15) is 0 Å². The van der Waals surface area contributed by atoms with E-state index in [1.807, 2.05) is 13.8 Å². The third kappa shape index (κ3) is 6.86. The molecular weight excluding hydrogens is 410 g/mol. The molecule has 3 N–H and O–H groups in total. The van der Waals surface area contributed by atoms with Gasteiger partial charge in [0.15, 0.2) is 0 Å². The topological polar surface area (TPSA) is 87.3 Å². The maximum atomic E-state index is 12.1. The van der Waals surface area contributed by atoms with Crippen LogP contribution in [0.4, 0.5) is 11.4 Å². The van der Waals surface area contributed by atoms with E-state index in [-0.39, 0.29) is 36.6 Å². The third-order valence-electron chi connectivity index (χ3n) is 3.68. The monoisotopic (exact) mass is 431 g/mol. The molecule has 0 unspecified atom stereocenters. The summed E-state index contributed by atoms with van der Waals surface area (Å²) < 4.78 is 0.894. The summed E-state index contributed by atoms with van der Waals surface area (Å²) in [7, 11) is 0. The summed E-state index contributed by atoms with van der Waals surface area (Å²) in [5.74, 6) is -0.668. The molecule has 6 nitrogen and oxygen atoms in total. The number of nitrogens with one attached hydrogen (secondary N) is 3. The fraction of sp³-hybridized carbons (Fsp3) is 0.250. The quantitative estimate of drug-likeness (QED) is 0.622. The summed E-state index contributed by atoms with van der Waals surface area (Å²) in [6.07, 6.45) is 0.144. The van der Waals surface area contributed by atoms with Crippen molar-refractivity contribution in [2.75, 3.05) is 17.2 Å². The highest BCUT2D eigenvalue weighted by Crippen LogP contribution is 2.16. The Bertz CT molecular complexity index is 819. The SMILES string of the molecule is CC(C)C(=O)Nc1cccc(NC(=O)CCNC(=O)c2ccc(Br)cc2)c1. The summed E-state index contributed by atoms with van der Waals surface area (Å²) in [4.78, 5) is 35.8. The molecule has 0 saturated carbocycles. The normalized spacial score (nSPS) is 10.4. The Balaban J connectivity index is 1.81. The van der Waals surface area contributed by atoms with Crippen molar-refractivity contribution in [3.8, 4) is 0 Å². The summed E-state index contributed by atoms with van der Waals surface area (Å²) in [5, 5.41) is 8.26. The maximum Gasteiger partial charge on any atom is 0.251 e. The van der Waals surface area contributed by atoms with Crippen LogP contribution in [0.25, 0.3) is 0 Å². The second-order valence-corrected chi connectivity index (χ2v) is 7.20. The second kappa shape index (κ2) is 9.87. The molecule has 7 heteroatoms. The standard InChI is InChI=1S/C20H22BrN3O3/c1-13(2)19(26)24-17-5-3-4-16(12-17)23-18(25)10-11-22-20(27)14-6-8-15(21)9-7-14/h3-9,12-13H,10-11H2,1-2H3,(H,22,27)(H,23,25)(H,24,26). The Hall–Kier alpha value is -2.67. The van der Waals surface area contributed by atoms with Gasteiger partial charge in [0.25, 0.3) is 5.91 Å². The molecule has 0 atom stereocenters. The van der Waals surface area contributed by atoms with Crippen molar-refractivity contribution in [1.82, 2.24) is 5.32 Å². The summed E-state index contributed by atoms with van der Waals surface area (Å²) in [6.45, 7) is 3.84. The number of anilines is 2. The van der Waals surface area contributed by atoms with Gasteiger partial charge < -0.3 is 16.0 Å². The molecule has 0 bridgehead atoms. The van der Waals surface area contributed by atoms with Crippen molar-refractivity contribution in [1.29, 1.82) is 0 Å². The lowest BCUT2D eigenvalue weighted by Gasteiger charge is -2.10. The minimum absolute atomic E-state index is 0.0888. The van der Waals surface area contributed by atoms with Gasteiger partial charge in [-0.25, -0.2) is 0 Å². The van der Waals surface area contributed by atoms with Crippen molar-refractivity contribution < 1.29 is 14.4 Å². The van der Waals surface area contributed by atoms with E-state index in [4.69, 9.17) is 0 Å². The summed E-state index contributed by atoms with van der Waals surface area (Å²) in [5.41, 5.74) is 1.74. The van der Waals surface area contributed by atoms with E-state index in [1.54, 1.807) is 48.5 Å². The van der Waals surface area contributed by atoms with Gasteiger partial charge in [-0.15, -0.1) is 0 Å². The number of amides is 3. The lowest BCUT2D eigenvalue weighted by Crippen LogP contribution is -2.27. The Morgan fingerprint density at radius 1 is 0.963 bits per heavy atom. The molecule has 0 heterocycles. The fourth-order valence-corrected chi connectivity index (χ4v) is 2.44. The van der Waals surface area contributed by atoms with E-state index in [9.17, 15) is 14.4 Å². The maximum absolute atomic E-state index is 12.1. The van der Waals surface area contributed by atoms with Gasteiger partial charge in [0.05, 0.1) is 0 Å². The van der Waals surface area contributed by atoms with Crippen LogP contribution in [0.5, 0.6) is 0 Å². The average molecular weight is 432 g/mol. The largest absolute Gasteiger partial charge is 0.352 e. The molecule has 0 saturated heterocycles. The molecular formula is C20H22BrN3O3.